The predicted molar refractivity (Wildman–Crippen MR) is 125 cm³/mol. The van der Waals surface area contributed by atoms with Gasteiger partial charge in [0.25, 0.3) is 5.91 Å². The lowest BCUT2D eigenvalue weighted by Crippen LogP contribution is -2.57. The van der Waals surface area contributed by atoms with Crippen molar-refractivity contribution in [2.75, 3.05) is 32.0 Å². The third kappa shape index (κ3) is 3.95. The van der Waals surface area contributed by atoms with E-state index in [1.165, 1.54) is 6.33 Å². The van der Waals surface area contributed by atoms with Gasteiger partial charge in [0.15, 0.2) is 12.6 Å². The molecule has 2 aromatic carbocycles. The van der Waals surface area contributed by atoms with Crippen LogP contribution in [0, 0.1) is 0 Å². The number of quaternary nitrogens is 1. The van der Waals surface area contributed by atoms with Gasteiger partial charge in [-0.2, -0.15) is 0 Å². The zero-order chi connectivity index (χ0) is 23.8. The van der Waals surface area contributed by atoms with Crippen molar-refractivity contribution in [3.63, 3.8) is 0 Å². The minimum Gasteiger partial charge on any atom is -0.454 e. The van der Waals surface area contributed by atoms with Crippen LogP contribution in [0.5, 0.6) is 0 Å². The summed E-state index contributed by atoms with van der Waals surface area (Å²) in [6.45, 7) is 1.51. The van der Waals surface area contributed by atoms with Gasteiger partial charge in [0.1, 0.15) is 18.7 Å². The first-order valence-corrected chi connectivity index (χ1v) is 11.4. The van der Waals surface area contributed by atoms with Gasteiger partial charge in [-0.15, -0.1) is 0 Å². The summed E-state index contributed by atoms with van der Waals surface area (Å²) in [7, 11) is 1.98. The summed E-state index contributed by atoms with van der Waals surface area (Å²) in [6.07, 6.45) is 4.04. The van der Waals surface area contributed by atoms with E-state index in [0.29, 0.717) is 34.4 Å². The van der Waals surface area contributed by atoms with Crippen molar-refractivity contribution in [1.29, 1.82) is 0 Å². The lowest BCUT2D eigenvalue weighted by atomic mass is 9.91. The van der Waals surface area contributed by atoms with Gasteiger partial charge in [-0.1, -0.05) is 48.5 Å². The van der Waals surface area contributed by atoms with Crippen LogP contribution in [0.2, 0.25) is 0 Å². The number of nitrogens with zero attached hydrogens (tertiary/aromatic N) is 3. The number of nitrogens with one attached hydrogen (secondary N) is 1. The second-order valence-electron chi connectivity index (χ2n) is 9.30. The molecule has 1 saturated heterocycles. The number of ether oxygens (including phenoxy) is 1. The Balaban J connectivity index is 1.31. The van der Waals surface area contributed by atoms with E-state index in [0.717, 1.165) is 24.1 Å². The van der Waals surface area contributed by atoms with Crippen LogP contribution in [0.4, 0.5) is 5.82 Å². The van der Waals surface area contributed by atoms with Gasteiger partial charge in [0.05, 0.1) is 13.6 Å². The lowest BCUT2D eigenvalue weighted by molar-refractivity contribution is -0.909. The Morgan fingerprint density at radius 3 is 2.44 bits per heavy atom. The Labute approximate surface area is 197 Å². The van der Waals surface area contributed by atoms with Crippen molar-refractivity contribution >= 4 is 17.7 Å². The molecule has 2 aliphatic rings. The summed E-state index contributed by atoms with van der Waals surface area (Å²) in [4.78, 5) is 34.0. The highest BCUT2D eigenvalue weighted by atomic mass is 16.6. The first-order chi connectivity index (χ1) is 16.4. The highest BCUT2D eigenvalue weighted by molar-refractivity contribution is 5.96. The van der Waals surface area contributed by atoms with Gasteiger partial charge >= 0.3 is 5.97 Å². The fraction of sp³-hybridized carbons (Fsp3) is 0.308. The zero-order valence-corrected chi connectivity index (χ0v) is 19.0. The molecular formula is C26H27N4O4+. The molecule has 3 aromatic rings. The number of hydrogen-bond donors (Lipinski definition) is 2. The predicted octanol–water partition coefficient (Wildman–Crippen LogP) is 2.48. The molecule has 174 valence electrons. The van der Waals surface area contributed by atoms with E-state index in [9.17, 15) is 14.7 Å². The van der Waals surface area contributed by atoms with Crippen molar-refractivity contribution in [3.05, 3.63) is 78.2 Å². The zero-order valence-electron chi connectivity index (χ0n) is 19.0. The summed E-state index contributed by atoms with van der Waals surface area (Å²) in [6, 6.07) is 16.4. The van der Waals surface area contributed by atoms with Crippen LogP contribution in [-0.2, 0) is 19.9 Å². The van der Waals surface area contributed by atoms with Gasteiger partial charge in [-0.05, 0) is 23.6 Å². The molecule has 2 atom stereocenters. The van der Waals surface area contributed by atoms with Crippen LogP contribution >= 0.6 is 0 Å². The fourth-order valence-electron chi connectivity index (χ4n) is 5.18. The Bertz CT molecular complexity index is 1190. The van der Waals surface area contributed by atoms with Gasteiger partial charge in [0, 0.05) is 23.7 Å². The number of fused-ring (bicyclic) bond motifs is 3. The van der Waals surface area contributed by atoms with E-state index in [1.807, 2.05) is 43.4 Å². The number of likely N-dealkylation sites (tertiary alicyclic amines) is 1. The number of aromatic nitrogens is 2. The van der Waals surface area contributed by atoms with Gasteiger partial charge in [0.2, 0.25) is 5.60 Å². The normalized spacial score (nSPS) is 22.4. The van der Waals surface area contributed by atoms with Crippen LogP contribution in [0.25, 0.3) is 11.1 Å². The highest BCUT2D eigenvalue weighted by Gasteiger charge is 2.50. The molecule has 2 heterocycles. The Morgan fingerprint density at radius 1 is 1.12 bits per heavy atom. The number of anilines is 1. The molecule has 0 spiro atoms. The van der Waals surface area contributed by atoms with Crippen molar-refractivity contribution in [1.82, 2.24) is 9.97 Å². The minimum absolute atomic E-state index is 0.162. The van der Waals surface area contributed by atoms with Crippen molar-refractivity contribution in [2.24, 2.45) is 0 Å². The third-order valence-corrected chi connectivity index (χ3v) is 6.74. The monoisotopic (exact) mass is 459 g/mol. The molecule has 5 rings (SSSR count). The number of esters is 1. The van der Waals surface area contributed by atoms with E-state index in [1.54, 1.807) is 24.4 Å². The summed E-state index contributed by atoms with van der Waals surface area (Å²) >= 11 is 0. The topological polar surface area (TPSA) is 101 Å². The van der Waals surface area contributed by atoms with E-state index in [4.69, 9.17) is 4.74 Å². The molecule has 1 amide bonds. The molecule has 34 heavy (non-hydrogen) atoms. The quantitative estimate of drug-likeness (QED) is 0.449. The Kier molecular flexibility index (Phi) is 5.63. The molecule has 1 aliphatic carbocycles. The van der Waals surface area contributed by atoms with Crippen LogP contribution in [0.3, 0.4) is 0 Å². The Hall–Kier alpha value is -3.62. The van der Waals surface area contributed by atoms with E-state index >= 15 is 0 Å². The van der Waals surface area contributed by atoms with E-state index < -0.39 is 17.7 Å². The molecule has 2 N–H and O–H groups in total. The number of carbonyl (C=O) groups excluding carboxylic acids is 2. The molecule has 0 radical (unpaired) electrons. The third-order valence-electron chi connectivity index (χ3n) is 6.74. The number of benzene rings is 2. The standard InChI is InChI=1S/C26H26N4O4/c1-30(16-24(31)29-23-12-13-27-17-28-23)14-6-7-18(15-30)34-25(32)26(33)21-10-4-2-8-19(21)20-9-3-5-11-22(20)26/h2-5,8-13,17-18,33H,6-7,14-16H2,1H3/p+1. The summed E-state index contributed by atoms with van der Waals surface area (Å²) in [5, 5.41) is 14.5. The maximum Gasteiger partial charge on any atom is 0.348 e. The second-order valence-corrected chi connectivity index (χ2v) is 9.30. The van der Waals surface area contributed by atoms with E-state index in [2.05, 4.69) is 15.3 Å². The van der Waals surface area contributed by atoms with Gasteiger partial charge < -0.3 is 19.6 Å². The van der Waals surface area contributed by atoms with Crippen LogP contribution in [-0.4, -0.2) is 64.2 Å². The van der Waals surface area contributed by atoms with Crippen molar-refractivity contribution in [2.45, 2.75) is 24.5 Å². The number of amides is 1. The van der Waals surface area contributed by atoms with Gasteiger partial charge in [-0.25, -0.2) is 14.8 Å². The van der Waals surface area contributed by atoms with E-state index in [-0.39, 0.29) is 12.5 Å². The largest absolute Gasteiger partial charge is 0.454 e. The van der Waals surface area contributed by atoms with Crippen molar-refractivity contribution < 1.29 is 23.9 Å². The average molecular weight is 460 g/mol. The van der Waals surface area contributed by atoms with Crippen LogP contribution < -0.4 is 5.32 Å². The summed E-state index contributed by atoms with van der Waals surface area (Å²) < 4.78 is 6.36. The Morgan fingerprint density at radius 2 is 1.79 bits per heavy atom. The number of aliphatic hydroxyl groups is 1. The first kappa shape index (κ1) is 22.2. The molecule has 8 nitrogen and oxygen atoms in total. The number of piperidine rings is 1. The summed E-state index contributed by atoms with van der Waals surface area (Å²) in [5.74, 6) is -0.383. The molecule has 0 bridgehead atoms. The lowest BCUT2D eigenvalue weighted by Gasteiger charge is -2.40. The maximum absolute atomic E-state index is 13.5. The second kappa shape index (κ2) is 8.62. The van der Waals surface area contributed by atoms with Gasteiger partial charge in [-0.3, -0.25) is 4.79 Å². The number of rotatable bonds is 5. The SMILES string of the molecule is C[N+]1(CC(=O)Nc2ccncn2)CCCC(OC(=O)C2(O)c3ccccc3-c3ccccc32)C1. The molecule has 1 aromatic heterocycles. The first-order valence-electron chi connectivity index (χ1n) is 11.4. The number of likely N-dealkylation sites (N-methyl/N-ethyl adjacent to an activating group) is 1. The fourth-order valence-corrected chi connectivity index (χ4v) is 5.18. The van der Waals surface area contributed by atoms with Crippen LogP contribution in [0.1, 0.15) is 24.0 Å². The number of carbonyl (C=O) groups is 2. The molecule has 0 saturated carbocycles. The molecule has 8 heteroatoms. The highest BCUT2D eigenvalue weighted by Crippen LogP contribution is 2.48. The number of hydrogen-bond acceptors (Lipinski definition) is 6. The molecular weight excluding hydrogens is 432 g/mol. The maximum atomic E-state index is 13.5. The molecule has 1 aliphatic heterocycles. The smallest absolute Gasteiger partial charge is 0.348 e. The summed E-state index contributed by atoms with van der Waals surface area (Å²) in [5.41, 5.74) is 0.904. The van der Waals surface area contributed by atoms with Crippen LogP contribution in [0.15, 0.2) is 67.1 Å². The minimum atomic E-state index is -1.85. The average Bonchev–Trinajstić information content (AvgIpc) is 3.09. The van der Waals surface area contributed by atoms with Crippen molar-refractivity contribution in [3.8, 4) is 11.1 Å². The molecule has 2 unspecified atom stereocenters. The molecule has 1 fully saturated rings.